The highest BCUT2D eigenvalue weighted by Crippen LogP contribution is 2.25. The molecule has 3 unspecified atom stereocenters. The van der Waals surface area contributed by atoms with Crippen LogP contribution in [-0.4, -0.2) is 39.7 Å². The van der Waals surface area contributed by atoms with E-state index in [1.165, 1.54) is 0 Å². The number of carbonyl (C=O) groups excluding carboxylic acids is 1. The molecule has 1 aliphatic heterocycles. The summed E-state index contributed by atoms with van der Waals surface area (Å²) in [5, 5.41) is 4.47. The molecule has 2 N–H and O–H groups in total. The van der Waals surface area contributed by atoms with Crippen molar-refractivity contribution in [1.82, 2.24) is 14.7 Å². The summed E-state index contributed by atoms with van der Waals surface area (Å²) in [6, 6.07) is 2.45. The van der Waals surface area contributed by atoms with Gasteiger partial charge in [-0.05, 0) is 52.6 Å². The number of aryl methyl sites for hydroxylation is 2. The highest BCUT2D eigenvalue weighted by Gasteiger charge is 2.32. The lowest BCUT2D eigenvalue weighted by atomic mass is 10.1. The Balaban J connectivity index is 1.99. The van der Waals surface area contributed by atoms with E-state index in [1.54, 1.807) is 0 Å². The molecule has 0 radical (unpaired) electrons. The molecule has 2 heterocycles. The highest BCUT2D eigenvalue weighted by molar-refractivity contribution is 5.77. The Bertz CT molecular complexity index is 482. The summed E-state index contributed by atoms with van der Waals surface area (Å²) in [5.41, 5.74) is 7.83. The quantitative estimate of drug-likeness (QED) is 0.910. The number of hydrogen-bond donors (Lipinski definition) is 1. The van der Waals surface area contributed by atoms with Crippen LogP contribution in [0.3, 0.4) is 0 Å². The Kier molecular flexibility index (Phi) is 4.48. The predicted molar refractivity (Wildman–Crippen MR) is 79.4 cm³/mol. The fourth-order valence-electron chi connectivity index (χ4n) is 3.21. The van der Waals surface area contributed by atoms with Gasteiger partial charge in [-0.25, -0.2) is 0 Å². The molecule has 3 atom stereocenters. The van der Waals surface area contributed by atoms with Gasteiger partial charge >= 0.3 is 0 Å². The lowest BCUT2D eigenvalue weighted by Gasteiger charge is -2.24. The van der Waals surface area contributed by atoms with Gasteiger partial charge in [0.2, 0.25) is 5.91 Å². The summed E-state index contributed by atoms with van der Waals surface area (Å²) >= 11 is 0. The number of carbonyl (C=O) groups is 1. The number of aromatic nitrogens is 2. The molecule has 0 bridgehead atoms. The van der Waals surface area contributed by atoms with Crippen molar-refractivity contribution in [2.75, 3.05) is 13.1 Å². The smallest absolute Gasteiger partial charge is 0.224 e. The third-order valence-electron chi connectivity index (χ3n) is 4.25. The lowest BCUT2D eigenvalue weighted by Crippen LogP contribution is -2.35. The van der Waals surface area contributed by atoms with E-state index in [0.29, 0.717) is 24.9 Å². The third-order valence-corrected chi connectivity index (χ3v) is 4.25. The van der Waals surface area contributed by atoms with Gasteiger partial charge in [0.25, 0.3) is 0 Å². The Morgan fingerprint density at radius 2 is 2.25 bits per heavy atom. The summed E-state index contributed by atoms with van der Waals surface area (Å²) in [5.74, 6) is 0.673. The minimum Gasteiger partial charge on any atom is -0.340 e. The minimum atomic E-state index is 0.0975. The van der Waals surface area contributed by atoms with E-state index in [0.717, 1.165) is 24.4 Å². The maximum Gasteiger partial charge on any atom is 0.224 e. The van der Waals surface area contributed by atoms with Crippen molar-refractivity contribution in [3.05, 3.63) is 17.5 Å². The zero-order valence-corrected chi connectivity index (χ0v) is 13.0. The van der Waals surface area contributed by atoms with Gasteiger partial charge in [0, 0.05) is 24.7 Å². The molecule has 1 fully saturated rings. The average molecular weight is 278 g/mol. The van der Waals surface area contributed by atoms with Crippen LogP contribution >= 0.6 is 0 Å². The zero-order chi connectivity index (χ0) is 14.9. The van der Waals surface area contributed by atoms with Crippen LogP contribution in [-0.2, 0) is 4.79 Å². The Morgan fingerprint density at radius 3 is 2.75 bits per heavy atom. The van der Waals surface area contributed by atoms with Crippen LogP contribution in [0.2, 0.25) is 0 Å². The highest BCUT2D eigenvalue weighted by atomic mass is 16.2. The van der Waals surface area contributed by atoms with E-state index in [9.17, 15) is 4.79 Å². The number of likely N-dealkylation sites (tertiary alicyclic amines) is 1. The van der Waals surface area contributed by atoms with Gasteiger partial charge in [0.05, 0.1) is 11.7 Å². The standard InChI is InChI=1S/C15H26N4O/c1-10-5-12(3)19(17-10)13(4)7-15(20)18-9-14(8-16)6-11(18)2/h5,11,13-14H,6-9,16H2,1-4H3. The van der Waals surface area contributed by atoms with E-state index in [-0.39, 0.29) is 11.9 Å². The van der Waals surface area contributed by atoms with Crippen molar-refractivity contribution in [2.24, 2.45) is 11.7 Å². The first kappa shape index (κ1) is 15.0. The van der Waals surface area contributed by atoms with E-state index in [2.05, 4.69) is 18.9 Å². The fraction of sp³-hybridized carbons (Fsp3) is 0.733. The molecule has 0 saturated carbocycles. The van der Waals surface area contributed by atoms with Gasteiger partial charge in [-0.15, -0.1) is 0 Å². The first-order valence-electron chi connectivity index (χ1n) is 7.44. The molecule has 0 aliphatic carbocycles. The topological polar surface area (TPSA) is 64.2 Å². The predicted octanol–water partition coefficient (Wildman–Crippen LogP) is 1.65. The summed E-state index contributed by atoms with van der Waals surface area (Å²) < 4.78 is 1.95. The Hall–Kier alpha value is -1.36. The fourth-order valence-corrected chi connectivity index (χ4v) is 3.21. The van der Waals surface area contributed by atoms with Gasteiger partial charge in [-0.2, -0.15) is 5.10 Å². The second-order valence-electron chi connectivity index (χ2n) is 6.16. The van der Waals surface area contributed by atoms with Crippen LogP contribution in [0.5, 0.6) is 0 Å². The second kappa shape index (κ2) is 5.95. The minimum absolute atomic E-state index is 0.0975. The Morgan fingerprint density at radius 1 is 1.55 bits per heavy atom. The summed E-state index contributed by atoms with van der Waals surface area (Å²) in [4.78, 5) is 14.4. The molecule has 2 rings (SSSR count). The lowest BCUT2D eigenvalue weighted by molar-refractivity contribution is -0.132. The number of amides is 1. The van der Waals surface area contributed by atoms with Gasteiger partial charge in [0.1, 0.15) is 0 Å². The first-order valence-corrected chi connectivity index (χ1v) is 7.44. The zero-order valence-electron chi connectivity index (χ0n) is 13.0. The molecule has 1 aromatic heterocycles. The molecule has 112 valence electrons. The molecule has 1 aliphatic rings. The van der Waals surface area contributed by atoms with E-state index in [1.807, 2.05) is 29.5 Å². The van der Waals surface area contributed by atoms with Gasteiger partial charge in [-0.1, -0.05) is 0 Å². The third kappa shape index (κ3) is 3.03. The van der Waals surface area contributed by atoms with Crippen LogP contribution in [0, 0.1) is 19.8 Å². The molecule has 5 heteroatoms. The van der Waals surface area contributed by atoms with Crippen molar-refractivity contribution >= 4 is 5.91 Å². The van der Waals surface area contributed by atoms with Crippen molar-refractivity contribution in [1.29, 1.82) is 0 Å². The number of hydrogen-bond acceptors (Lipinski definition) is 3. The molecule has 0 aromatic carbocycles. The molecule has 5 nitrogen and oxygen atoms in total. The SMILES string of the molecule is Cc1cc(C)n(C(C)CC(=O)N2CC(CN)CC2C)n1. The van der Waals surface area contributed by atoms with Crippen molar-refractivity contribution in [3.63, 3.8) is 0 Å². The molecular weight excluding hydrogens is 252 g/mol. The number of nitrogens with two attached hydrogens (primary N) is 1. The number of nitrogens with zero attached hydrogens (tertiary/aromatic N) is 3. The molecule has 20 heavy (non-hydrogen) atoms. The first-order chi connectivity index (χ1) is 9.42. The maximum absolute atomic E-state index is 12.5. The van der Waals surface area contributed by atoms with Crippen LogP contribution in [0.4, 0.5) is 0 Å². The summed E-state index contributed by atoms with van der Waals surface area (Å²) in [7, 11) is 0. The van der Waals surface area contributed by atoms with Crippen LogP contribution in [0.1, 0.15) is 44.1 Å². The monoisotopic (exact) mass is 278 g/mol. The second-order valence-corrected chi connectivity index (χ2v) is 6.16. The molecular formula is C15H26N4O. The van der Waals surface area contributed by atoms with Crippen LogP contribution in [0.15, 0.2) is 6.07 Å². The molecule has 0 spiro atoms. The van der Waals surface area contributed by atoms with Gasteiger partial charge in [0.15, 0.2) is 0 Å². The van der Waals surface area contributed by atoms with Gasteiger partial charge in [-0.3, -0.25) is 9.48 Å². The van der Waals surface area contributed by atoms with Gasteiger partial charge < -0.3 is 10.6 Å². The maximum atomic E-state index is 12.5. The van der Waals surface area contributed by atoms with Crippen molar-refractivity contribution in [2.45, 2.75) is 52.6 Å². The summed E-state index contributed by atoms with van der Waals surface area (Å²) in [6.45, 7) is 9.65. The summed E-state index contributed by atoms with van der Waals surface area (Å²) in [6.07, 6.45) is 1.53. The van der Waals surface area contributed by atoms with Crippen LogP contribution in [0.25, 0.3) is 0 Å². The average Bonchev–Trinajstić information content (AvgIpc) is 2.91. The normalized spacial score (nSPS) is 24.1. The number of rotatable bonds is 4. The van der Waals surface area contributed by atoms with E-state index >= 15 is 0 Å². The Labute approximate surface area is 121 Å². The molecule has 1 saturated heterocycles. The van der Waals surface area contributed by atoms with E-state index in [4.69, 9.17) is 5.73 Å². The van der Waals surface area contributed by atoms with Crippen LogP contribution < -0.4 is 5.73 Å². The van der Waals surface area contributed by atoms with Crippen molar-refractivity contribution in [3.8, 4) is 0 Å². The molecule has 1 amide bonds. The largest absolute Gasteiger partial charge is 0.340 e. The van der Waals surface area contributed by atoms with E-state index < -0.39 is 0 Å². The molecule has 1 aromatic rings. The van der Waals surface area contributed by atoms with Crippen molar-refractivity contribution < 1.29 is 4.79 Å².